The number of ether oxygens (including phenoxy) is 1. The van der Waals surface area contributed by atoms with Gasteiger partial charge in [0, 0.05) is 24.1 Å². The van der Waals surface area contributed by atoms with Crippen molar-refractivity contribution in [2.75, 3.05) is 26.3 Å². The molecule has 4 rings (SSSR count). The Balaban J connectivity index is 1.48. The van der Waals surface area contributed by atoms with E-state index in [-0.39, 0.29) is 10.3 Å². The molecule has 0 bridgehead atoms. The Hall–Kier alpha value is -1.77. The van der Waals surface area contributed by atoms with Gasteiger partial charge >= 0.3 is 0 Å². The fourth-order valence-corrected chi connectivity index (χ4v) is 5.93. The highest BCUT2D eigenvalue weighted by atomic mass is 32.2. The van der Waals surface area contributed by atoms with Gasteiger partial charge in [0.15, 0.2) is 0 Å². The fourth-order valence-electron chi connectivity index (χ4n) is 4.52. The van der Waals surface area contributed by atoms with Gasteiger partial charge in [-0.2, -0.15) is 4.31 Å². The molecule has 0 spiro atoms. The van der Waals surface area contributed by atoms with Crippen molar-refractivity contribution in [2.45, 2.75) is 62.7 Å². The molecule has 2 aliphatic rings. The molecule has 1 saturated carbocycles. The topological polar surface area (TPSA) is 85.5 Å². The highest BCUT2D eigenvalue weighted by molar-refractivity contribution is 7.89. The zero-order valence-electron chi connectivity index (χ0n) is 17.8. The lowest BCUT2D eigenvalue weighted by Gasteiger charge is -2.29. The van der Waals surface area contributed by atoms with E-state index in [0.29, 0.717) is 44.0 Å². The van der Waals surface area contributed by atoms with Gasteiger partial charge in [0.2, 0.25) is 21.8 Å². The van der Waals surface area contributed by atoms with Crippen LogP contribution >= 0.6 is 0 Å². The van der Waals surface area contributed by atoms with Gasteiger partial charge in [-0.25, -0.2) is 8.42 Å². The van der Waals surface area contributed by atoms with Crippen LogP contribution in [0.5, 0.6) is 0 Å². The van der Waals surface area contributed by atoms with E-state index in [9.17, 15) is 8.42 Å². The maximum Gasteiger partial charge on any atom is 0.247 e. The van der Waals surface area contributed by atoms with Crippen LogP contribution in [-0.4, -0.2) is 49.2 Å². The highest BCUT2D eigenvalue weighted by Crippen LogP contribution is 2.37. The lowest BCUT2D eigenvalue weighted by molar-refractivity contribution is 0.0730. The molecule has 1 aliphatic heterocycles. The van der Waals surface area contributed by atoms with Gasteiger partial charge in [-0.15, -0.1) is 10.2 Å². The largest absolute Gasteiger partial charge is 0.420 e. The molecule has 0 amide bonds. The minimum Gasteiger partial charge on any atom is -0.420 e. The molecule has 1 aromatic carbocycles. The summed E-state index contributed by atoms with van der Waals surface area (Å²) in [5.74, 6) is 1.79. The van der Waals surface area contributed by atoms with Gasteiger partial charge < -0.3 is 9.15 Å². The molecule has 1 aliphatic carbocycles. The molecule has 0 atom stereocenters. The average Bonchev–Trinajstić information content (AvgIpc) is 3.26. The van der Waals surface area contributed by atoms with Gasteiger partial charge in [-0.3, -0.25) is 0 Å². The summed E-state index contributed by atoms with van der Waals surface area (Å²) in [6.45, 7) is 5.95. The van der Waals surface area contributed by atoms with Crippen molar-refractivity contribution in [3.63, 3.8) is 0 Å². The van der Waals surface area contributed by atoms with Crippen LogP contribution < -0.4 is 0 Å². The van der Waals surface area contributed by atoms with Crippen molar-refractivity contribution in [3.05, 3.63) is 30.2 Å². The van der Waals surface area contributed by atoms with Crippen molar-refractivity contribution in [1.29, 1.82) is 0 Å². The monoisotopic (exact) mass is 433 g/mol. The average molecular weight is 434 g/mol. The second-order valence-corrected chi connectivity index (χ2v) is 11.0. The number of hydrogen-bond acceptors (Lipinski definition) is 6. The molecule has 2 fully saturated rings. The van der Waals surface area contributed by atoms with E-state index in [2.05, 4.69) is 24.0 Å². The minimum atomic E-state index is -3.51. The van der Waals surface area contributed by atoms with Crippen LogP contribution in [0.15, 0.2) is 33.6 Å². The third-order valence-electron chi connectivity index (χ3n) is 6.24. The summed E-state index contributed by atoms with van der Waals surface area (Å²) in [6, 6.07) is 6.69. The van der Waals surface area contributed by atoms with E-state index in [1.54, 1.807) is 24.3 Å². The summed E-state index contributed by atoms with van der Waals surface area (Å²) in [6.07, 6.45) is 7.59. The molecular weight excluding hydrogens is 402 g/mol. The zero-order valence-corrected chi connectivity index (χ0v) is 18.7. The molecule has 2 heterocycles. The van der Waals surface area contributed by atoms with Gasteiger partial charge in [0.05, 0.1) is 18.1 Å². The highest BCUT2D eigenvalue weighted by Gasteiger charge is 2.32. The van der Waals surface area contributed by atoms with Crippen LogP contribution in [0.25, 0.3) is 11.5 Å². The number of morpholine rings is 1. The normalized spacial score (nSPS) is 19.8. The summed E-state index contributed by atoms with van der Waals surface area (Å²) in [5.41, 5.74) is 0.551. The lowest BCUT2D eigenvalue weighted by Crippen LogP contribution is -2.40. The first-order valence-electron chi connectivity index (χ1n) is 10.9. The molecular formula is C22H31N3O4S. The molecule has 2 aromatic rings. The van der Waals surface area contributed by atoms with Gasteiger partial charge in [0.25, 0.3) is 0 Å². The standard InChI is InChI=1S/C22H31N3O4S/c1-22(2,16-17-6-4-3-5-7-17)21-24-23-20(29-21)18-8-10-19(11-9-18)30(26,27)25-12-14-28-15-13-25/h8-11,17H,3-7,12-16H2,1-2H3. The van der Waals surface area contributed by atoms with Crippen molar-refractivity contribution >= 4 is 10.0 Å². The number of rotatable bonds is 6. The van der Waals surface area contributed by atoms with Crippen molar-refractivity contribution < 1.29 is 17.6 Å². The summed E-state index contributed by atoms with van der Waals surface area (Å²) in [4.78, 5) is 0.269. The molecule has 8 heteroatoms. The third-order valence-corrected chi connectivity index (χ3v) is 8.15. The predicted molar refractivity (Wildman–Crippen MR) is 114 cm³/mol. The van der Waals surface area contributed by atoms with E-state index >= 15 is 0 Å². The quantitative estimate of drug-likeness (QED) is 0.684. The van der Waals surface area contributed by atoms with Crippen LogP contribution in [0, 0.1) is 5.92 Å². The van der Waals surface area contributed by atoms with E-state index in [0.717, 1.165) is 12.0 Å². The van der Waals surface area contributed by atoms with E-state index < -0.39 is 10.0 Å². The lowest BCUT2D eigenvalue weighted by atomic mass is 9.76. The second-order valence-electron chi connectivity index (χ2n) is 9.05. The van der Waals surface area contributed by atoms with Crippen LogP contribution in [-0.2, 0) is 20.2 Å². The third kappa shape index (κ3) is 4.60. The number of nitrogens with zero attached hydrogens (tertiary/aromatic N) is 3. The van der Waals surface area contributed by atoms with Crippen LogP contribution in [0.1, 0.15) is 58.3 Å². The summed E-state index contributed by atoms with van der Waals surface area (Å²) in [5, 5.41) is 8.55. The van der Waals surface area contributed by atoms with Crippen molar-refractivity contribution in [3.8, 4) is 11.5 Å². The number of sulfonamides is 1. The van der Waals surface area contributed by atoms with Crippen molar-refractivity contribution in [2.24, 2.45) is 5.92 Å². The maximum absolute atomic E-state index is 12.8. The SMILES string of the molecule is CC(C)(CC1CCCCC1)c1nnc(-c2ccc(S(=O)(=O)N3CCOCC3)cc2)o1. The number of benzene rings is 1. The Kier molecular flexibility index (Phi) is 6.27. The number of aromatic nitrogens is 2. The van der Waals surface area contributed by atoms with Crippen molar-refractivity contribution in [1.82, 2.24) is 14.5 Å². The Bertz CT molecular complexity index is 941. The smallest absolute Gasteiger partial charge is 0.247 e. The Morgan fingerprint density at radius 1 is 1.03 bits per heavy atom. The molecule has 0 N–H and O–H groups in total. The maximum atomic E-state index is 12.8. The molecule has 164 valence electrons. The summed E-state index contributed by atoms with van der Waals surface area (Å²) >= 11 is 0. The van der Waals surface area contributed by atoms with Gasteiger partial charge in [-0.05, 0) is 36.6 Å². The number of hydrogen-bond donors (Lipinski definition) is 0. The second kappa shape index (κ2) is 8.77. The Morgan fingerprint density at radius 3 is 2.37 bits per heavy atom. The Labute approximate surface area is 178 Å². The molecule has 0 unspecified atom stereocenters. The predicted octanol–water partition coefficient (Wildman–Crippen LogP) is 4.01. The summed E-state index contributed by atoms with van der Waals surface area (Å²) < 4.78 is 38.3. The van der Waals surface area contributed by atoms with E-state index in [4.69, 9.17) is 9.15 Å². The zero-order chi connectivity index (χ0) is 21.2. The molecule has 0 radical (unpaired) electrons. The van der Waals surface area contributed by atoms with Crippen LogP contribution in [0.3, 0.4) is 0 Å². The van der Waals surface area contributed by atoms with Gasteiger partial charge in [0.1, 0.15) is 0 Å². The van der Waals surface area contributed by atoms with Gasteiger partial charge in [-0.1, -0.05) is 46.0 Å². The van der Waals surface area contributed by atoms with E-state index in [1.807, 2.05) is 0 Å². The molecule has 1 saturated heterocycles. The molecule has 30 heavy (non-hydrogen) atoms. The first kappa shape index (κ1) is 21.5. The Morgan fingerprint density at radius 2 is 1.70 bits per heavy atom. The van der Waals surface area contributed by atoms with Crippen LogP contribution in [0.2, 0.25) is 0 Å². The van der Waals surface area contributed by atoms with E-state index in [1.165, 1.54) is 36.4 Å². The first-order chi connectivity index (χ1) is 14.4. The minimum absolute atomic E-state index is 0.174. The molecule has 7 nitrogen and oxygen atoms in total. The van der Waals surface area contributed by atoms with Crippen LogP contribution in [0.4, 0.5) is 0 Å². The molecule has 1 aromatic heterocycles. The first-order valence-corrected chi connectivity index (χ1v) is 12.3. The summed E-state index contributed by atoms with van der Waals surface area (Å²) in [7, 11) is -3.51. The fraction of sp³-hybridized carbons (Fsp3) is 0.636.